The smallest absolute Gasteiger partial charge is 0.329 e. The highest BCUT2D eigenvalue weighted by Crippen LogP contribution is 2.31. The van der Waals surface area contributed by atoms with Crippen LogP contribution >= 0.6 is 23.2 Å². The van der Waals surface area contributed by atoms with Gasteiger partial charge in [0.15, 0.2) is 0 Å². The fraction of sp³-hybridized carbons (Fsp3) is 0.300. The van der Waals surface area contributed by atoms with Crippen LogP contribution in [0.1, 0.15) is 37.9 Å². The average Bonchev–Trinajstić information content (AvgIpc) is 3.23. The van der Waals surface area contributed by atoms with E-state index in [2.05, 4.69) is 5.32 Å². The van der Waals surface area contributed by atoms with Crippen molar-refractivity contribution in [3.05, 3.63) is 51.8 Å². The molecule has 1 aliphatic carbocycles. The molecule has 2 heterocycles. The van der Waals surface area contributed by atoms with E-state index in [9.17, 15) is 9.59 Å². The molecule has 0 bridgehead atoms. The van der Waals surface area contributed by atoms with Crippen molar-refractivity contribution in [3.8, 4) is 11.3 Å². The van der Waals surface area contributed by atoms with Crippen molar-refractivity contribution in [1.82, 2.24) is 10.2 Å². The highest BCUT2D eigenvalue weighted by Gasteiger charge is 2.39. The molecule has 1 N–H and O–H groups in total. The van der Waals surface area contributed by atoms with Gasteiger partial charge in [-0.1, -0.05) is 42.5 Å². The number of imide groups is 1. The van der Waals surface area contributed by atoms with E-state index in [1.165, 1.54) is 4.90 Å². The van der Waals surface area contributed by atoms with Crippen molar-refractivity contribution >= 4 is 41.2 Å². The van der Waals surface area contributed by atoms with Crippen LogP contribution in [-0.4, -0.2) is 22.9 Å². The normalized spacial score (nSPS) is 19.8. The minimum atomic E-state index is -0.352. The number of hydrogen-bond acceptors (Lipinski definition) is 3. The van der Waals surface area contributed by atoms with Crippen LogP contribution < -0.4 is 5.32 Å². The van der Waals surface area contributed by atoms with Gasteiger partial charge in [-0.2, -0.15) is 0 Å². The number of nitrogens with zero attached hydrogens (tertiary/aromatic N) is 1. The van der Waals surface area contributed by atoms with Gasteiger partial charge in [0, 0.05) is 17.7 Å². The minimum absolute atomic E-state index is 0.0134. The first kappa shape index (κ1) is 18.1. The Kier molecular flexibility index (Phi) is 4.98. The van der Waals surface area contributed by atoms with Gasteiger partial charge in [0.2, 0.25) is 0 Å². The number of carbonyl (C=O) groups is 2. The molecule has 1 aromatic carbocycles. The zero-order chi connectivity index (χ0) is 19.0. The number of carbonyl (C=O) groups excluding carboxylic acids is 2. The molecular formula is C20H18Cl2N2O3. The van der Waals surface area contributed by atoms with E-state index in [0.717, 1.165) is 37.7 Å². The molecule has 27 heavy (non-hydrogen) atoms. The molecule has 5 nitrogen and oxygen atoms in total. The Labute approximate surface area is 166 Å². The Morgan fingerprint density at radius 3 is 2.56 bits per heavy atom. The molecule has 1 saturated heterocycles. The van der Waals surface area contributed by atoms with Gasteiger partial charge in [0.1, 0.15) is 17.2 Å². The lowest BCUT2D eigenvalue weighted by Crippen LogP contribution is -2.41. The van der Waals surface area contributed by atoms with Crippen LogP contribution in [0, 0.1) is 0 Å². The third-order valence-corrected chi connectivity index (χ3v) is 5.71. The number of amides is 3. The molecule has 140 valence electrons. The molecule has 2 aromatic rings. The van der Waals surface area contributed by atoms with Gasteiger partial charge < -0.3 is 9.73 Å². The molecule has 1 aromatic heterocycles. The van der Waals surface area contributed by atoms with E-state index in [0.29, 0.717) is 21.6 Å². The Bertz CT molecular complexity index is 929. The Morgan fingerprint density at radius 2 is 1.81 bits per heavy atom. The number of nitrogens with one attached hydrogen (secondary N) is 1. The van der Waals surface area contributed by atoms with Crippen molar-refractivity contribution in [2.24, 2.45) is 0 Å². The number of urea groups is 1. The van der Waals surface area contributed by atoms with Crippen LogP contribution in [0.15, 0.2) is 40.4 Å². The van der Waals surface area contributed by atoms with Crippen LogP contribution in [0.5, 0.6) is 0 Å². The lowest BCUT2D eigenvalue weighted by atomic mass is 9.94. The van der Waals surface area contributed by atoms with E-state index in [4.69, 9.17) is 27.6 Å². The van der Waals surface area contributed by atoms with Crippen molar-refractivity contribution in [2.45, 2.75) is 38.1 Å². The number of rotatable bonds is 3. The fourth-order valence-electron chi connectivity index (χ4n) is 3.60. The molecule has 0 radical (unpaired) electrons. The predicted octanol–water partition coefficient (Wildman–Crippen LogP) is 5.48. The first-order valence-corrected chi connectivity index (χ1v) is 9.70. The SMILES string of the molecule is O=C1N/C(=C\c2ccc(-c3ccc(Cl)c(Cl)c3)o2)C(=O)N1C1CCCCC1. The summed E-state index contributed by atoms with van der Waals surface area (Å²) in [6.45, 7) is 0. The van der Waals surface area contributed by atoms with Crippen molar-refractivity contribution in [1.29, 1.82) is 0 Å². The molecule has 1 aliphatic heterocycles. The summed E-state index contributed by atoms with van der Waals surface area (Å²) in [4.78, 5) is 26.3. The van der Waals surface area contributed by atoms with Gasteiger partial charge in [-0.3, -0.25) is 9.69 Å². The van der Waals surface area contributed by atoms with Gasteiger partial charge in [-0.15, -0.1) is 0 Å². The quantitative estimate of drug-likeness (QED) is 0.544. The van der Waals surface area contributed by atoms with Crippen LogP contribution in [0.3, 0.4) is 0 Å². The molecule has 2 aliphatic rings. The second-order valence-electron chi connectivity index (χ2n) is 6.79. The summed E-state index contributed by atoms with van der Waals surface area (Å²) < 4.78 is 5.79. The van der Waals surface area contributed by atoms with Crippen LogP contribution in [0.25, 0.3) is 17.4 Å². The number of hydrogen-bond donors (Lipinski definition) is 1. The van der Waals surface area contributed by atoms with Gasteiger partial charge in [0.05, 0.1) is 10.0 Å². The molecule has 4 rings (SSSR count). The standard InChI is InChI=1S/C20H18Cl2N2O3/c21-15-8-6-12(10-16(15)22)18-9-7-14(27-18)11-17-19(25)24(20(26)23-17)13-4-2-1-3-5-13/h6-11,13H,1-5H2,(H,23,26)/b17-11-. The zero-order valence-corrected chi connectivity index (χ0v) is 16.0. The maximum atomic E-state index is 12.7. The van der Waals surface area contributed by atoms with Gasteiger partial charge in [-0.05, 0) is 43.2 Å². The lowest BCUT2D eigenvalue weighted by Gasteiger charge is -2.28. The number of benzene rings is 1. The molecule has 0 unspecified atom stereocenters. The summed E-state index contributed by atoms with van der Waals surface area (Å²) in [6, 6.07) is 8.38. The van der Waals surface area contributed by atoms with E-state index in [1.54, 1.807) is 36.4 Å². The molecule has 0 atom stereocenters. The summed E-state index contributed by atoms with van der Waals surface area (Å²) >= 11 is 12.0. The molecule has 2 fully saturated rings. The van der Waals surface area contributed by atoms with Crippen LogP contribution in [-0.2, 0) is 4.79 Å². The van der Waals surface area contributed by atoms with Gasteiger partial charge in [0.25, 0.3) is 5.91 Å². The Morgan fingerprint density at radius 1 is 1.04 bits per heavy atom. The molecule has 1 saturated carbocycles. The average molecular weight is 405 g/mol. The minimum Gasteiger partial charge on any atom is -0.457 e. The third-order valence-electron chi connectivity index (χ3n) is 4.97. The van der Waals surface area contributed by atoms with Crippen LogP contribution in [0.2, 0.25) is 10.0 Å². The van der Waals surface area contributed by atoms with Crippen molar-refractivity contribution < 1.29 is 14.0 Å². The summed E-state index contributed by atoms with van der Waals surface area (Å²) in [7, 11) is 0. The molecule has 7 heteroatoms. The van der Waals surface area contributed by atoms with E-state index >= 15 is 0 Å². The largest absolute Gasteiger partial charge is 0.457 e. The van der Waals surface area contributed by atoms with E-state index in [-0.39, 0.29) is 23.7 Å². The molecule has 0 spiro atoms. The summed E-state index contributed by atoms with van der Waals surface area (Å²) in [5.74, 6) is 0.783. The van der Waals surface area contributed by atoms with Gasteiger partial charge in [-0.25, -0.2) is 4.79 Å². The Balaban J connectivity index is 1.55. The lowest BCUT2D eigenvalue weighted by molar-refractivity contribution is -0.124. The first-order chi connectivity index (χ1) is 13.0. The zero-order valence-electron chi connectivity index (χ0n) is 14.5. The first-order valence-electron chi connectivity index (χ1n) is 8.94. The van der Waals surface area contributed by atoms with Crippen LogP contribution in [0.4, 0.5) is 4.79 Å². The maximum absolute atomic E-state index is 12.7. The van der Waals surface area contributed by atoms with E-state index in [1.807, 2.05) is 0 Å². The number of furan rings is 1. The topological polar surface area (TPSA) is 62.6 Å². The predicted molar refractivity (Wildman–Crippen MR) is 104 cm³/mol. The molecule has 3 amide bonds. The fourth-order valence-corrected chi connectivity index (χ4v) is 3.89. The Hall–Kier alpha value is -2.24. The summed E-state index contributed by atoms with van der Waals surface area (Å²) in [5, 5.41) is 3.57. The van der Waals surface area contributed by atoms with Gasteiger partial charge >= 0.3 is 6.03 Å². The highest BCUT2D eigenvalue weighted by atomic mass is 35.5. The van der Waals surface area contributed by atoms with E-state index < -0.39 is 0 Å². The van der Waals surface area contributed by atoms with Crippen molar-refractivity contribution in [3.63, 3.8) is 0 Å². The van der Waals surface area contributed by atoms with Crippen molar-refractivity contribution in [2.75, 3.05) is 0 Å². The third kappa shape index (κ3) is 3.62. The summed E-state index contributed by atoms with van der Waals surface area (Å²) in [6.07, 6.45) is 6.55. The monoisotopic (exact) mass is 404 g/mol. The molecular weight excluding hydrogens is 387 g/mol. The second-order valence-corrected chi connectivity index (χ2v) is 7.60. The number of halogens is 2. The second kappa shape index (κ2) is 7.41. The summed E-state index contributed by atoms with van der Waals surface area (Å²) in [5.41, 5.74) is 1.01. The maximum Gasteiger partial charge on any atom is 0.329 e. The highest BCUT2D eigenvalue weighted by molar-refractivity contribution is 6.42.